The second-order valence-electron chi connectivity index (χ2n) is 5.98. The predicted octanol–water partition coefficient (Wildman–Crippen LogP) is 1.92. The molecule has 1 atom stereocenters. The Bertz CT molecular complexity index is 370. The van der Waals surface area contributed by atoms with E-state index in [-0.39, 0.29) is 11.5 Å². The van der Waals surface area contributed by atoms with Gasteiger partial charge in [0.05, 0.1) is 0 Å². The van der Waals surface area contributed by atoms with E-state index in [0.29, 0.717) is 18.7 Å². The van der Waals surface area contributed by atoms with Crippen molar-refractivity contribution in [1.29, 1.82) is 0 Å². The molecule has 114 valence electrons. The van der Waals surface area contributed by atoms with Gasteiger partial charge in [-0.1, -0.05) is 25.4 Å². The number of unbranched alkanes of at least 4 members (excludes halogenated alkanes) is 1. The molecule has 1 amide bonds. The van der Waals surface area contributed by atoms with Crippen LogP contribution in [0.3, 0.4) is 0 Å². The van der Waals surface area contributed by atoms with Gasteiger partial charge in [0.2, 0.25) is 0 Å². The molecule has 0 aromatic rings. The molecule has 5 nitrogen and oxygen atoms in total. The van der Waals surface area contributed by atoms with Crippen LogP contribution in [0.25, 0.3) is 0 Å². The highest BCUT2D eigenvalue weighted by Gasteiger charge is 2.44. The van der Waals surface area contributed by atoms with Gasteiger partial charge in [-0.05, 0) is 38.8 Å². The average molecular weight is 281 g/mol. The molecule has 0 aromatic carbocycles. The molecule has 2 heterocycles. The van der Waals surface area contributed by atoms with Gasteiger partial charge in [0.25, 0.3) is 5.91 Å². The third-order valence-electron chi connectivity index (χ3n) is 4.08. The Hall–Kier alpha value is -1.10. The SMILES string of the molecule is CCCCN1CCC[C@]2(CC(C(=O)NCCC)=NO2)C1. The smallest absolute Gasteiger partial charge is 0.269 e. The topological polar surface area (TPSA) is 53.9 Å². The fourth-order valence-electron chi connectivity index (χ4n) is 2.97. The molecule has 2 aliphatic rings. The zero-order valence-corrected chi connectivity index (χ0v) is 12.8. The number of oxime groups is 1. The highest BCUT2D eigenvalue weighted by molar-refractivity contribution is 6.39. The molecule has 0 aromatic heterocycles. The van der Waals surface area contributed by atoms with Crippen LogP contribution in [-0.2, 0) is 9.63 Å². The first-order chi connectivity index (χ1) is 9.69. The van der Waals surface area contributed by atoms with Crippen molar-refractivity contribution in [2.75, 3.05) is 26.2 Å². The van der Waals surface area contributed by atoms with Crippen molar-refractivity contribution >= 4 is 11.6 Å². The van der Waals surface area contributed by atoms with Gasteiger partial charge >= 0.3 is 0 Å². The number of carbonyl (C=O) groups is 1. The Labute approximate surface area is 121 Å². The van der Waals surface area contributed by atoms with Crippen LogP contribution in [0.5, 0.6) is 0 Å². The first-order valence-electron chi connectivity index (χ1n) is 7.95. The maximum atomic E-state index is 11.9. The van der Waals surface area contributed by atoms with Crippen molar-refractivity contribution in [2.24, 2.45) is 5.16 Å². The molecular weight excluding hydrogens is 254 g/mol. The van der Waals surface area contributed by atoms with Crippen LogP contribution in [0.4, 0.5) is 0 Å². The summed E-state index contributed by atoms with van der Waals surface area (Å²) in [5, 5.41) is 6.94. The minimum Gasteiger partial charge on any atom is -0.387 e. The lowest BCUT2D eigenvalue weighted by Crippen LogP contribution is -2.49. The molecule has 20 heavy (non-hydrogen) atoms. The number of hydrogen-bond donors (Lipinski definition) is 1. The molecule has 2 aliphatic heterocycles. The molecule has 1 N–H and O–H groups in total. The highest BCUT2D eigenvalue weighted by Crippen LogP contribution is 2.33. The number of nitrogens with one attached hydrogen (secondary N) is 1. The molecule has 0 saturated carbocycles. The second-order valence-corrected chi connectivity index (χ2v) is 5.98. The summed E-state index contributed by atoms with van der Waals surface area (Å²) in [6.45, 7) is 8.13. The Balaban J connectivity index is 1.86. The maximum absolute atomic E-state index is 11.9. The molecular formula is C15H27N3O2. The fraction of sp³-hybridized carbons (Fsp3) is 0.867. The summed E-state index contributed by atoms with van der Waals surface area (Å²) in [6, 6.07) is 0. The Morgan fingerprint density at radius 2 is 2.30 bits per heavy atom. The maximum Gasteiger partial charge on any atom is 0.269 e. The highest BCUT2D eigenvalue weighted by atomic mass is 16.7. The number of nitrogens with zero attached hydrogens (tertiary/aromatic N) is 2. The third kappa shape index (κ3) is 3.72. The zero-order valence-electron chi connectivity index (χ0n) is 12.8. The van der Waals surface area contributed by atoms with Crippen LogP contribution in [-0.4, -0.2) is 48.3 Å². The summed E-state index contributed by atoms with van der Waals surface area (Å²) in [4.78, 5) is 20.1. The van der Waals surface area contributed by atoms with E-state index < -0.39 is 0 Å². The molecule has 2 rings (SSSR count). The molecule has 0 radical (unpaired) electrons. The Kier molecular flexibility index (Phi) is 5.40. The number of carbonyl (C=O) groups excluding carboxylic acids is 1. The number of likely N-dealkylation sites (tertiary alicyclic amines) is 1. The lowest BCUT2D eigenvalue weighted by molar-refractivity contribution is -0.114. The van der Waals surface area contributed by atoms with E-state index >= 15 is 0 Å². The van der Waals surface area contributed by atoms with Crippen LogP contribution >= 0.6 is 0 Å². The monoisotopic (exact) mass is 281 g/mol. The van der Waals surface area contributed by atoms with E-state index in [1.807, 2.05) is 6.92 Å². The van der Waals surface area contributed by atoms with E-state index in [1.54, 1.807) is 0 Å². The number of rotatable bonds is 6. The zero-order chi connectivity index (χ0) is 14.4. The number of amides is 1. The standard InChI is InChI=1S/C15H27N3O2/c1-3-5-9-18-10-6-7-15(12-18)11-13(17-20-15)14(19)16-8-4-2/h3-12H2,1-2H3,(H,16,19)/t15-/m0/s1. The minimum atomic E-state index is -0.245. The molecule has 0 unspecified atom stereocenters. The lowest BCUT2D eigenvalue weighted by Gasteiger charge is -2.38. The van der Waals surface area contributed by atoms with Crippen molar-refractivity contribution in [3.05, 3.63) is 0 Å². The summed E-state index contributed by atoms with van der Waals surface area (Å²) in [5.74, 6) is -0.0607. The van der Waals surface area contributed by atoms with Crippen molar-refractivity contribution in [2.45, 2.75) is 58.0 Å². The number of hydrogen-bond acceptors (Lipinski definition) is 4. The van der Waals surface area contributed by atoms with Crippen LogP contribution in [0.1, 0.15) is 52.4 Å². The van der Waals surface area contributed by atoms with Crippen LogP contribution in [0.2, 0.25) is 0 Å². The van der Waals surface area contributed by atoms with E-state index in [2.05, 4.69) is 22.3 Å². The van der Waals surface area contributed by atoms with Gasteiger partial charge in [0.1, 0.15) is 5.71 Å². The van der Waals surface area contributed by atoms with Gasteiger partial charge in [0, 0.05) is 19.5 Å². The fourth-order valence-corrected chi connectivity index (χ4v) is 2.97. The van der Waals surface area contributed by atoms with Gasteiger partial charge in [-0.15, -0.1) is 0 Å². The van der Waals surface area contributed by atoms with Crippen molar-refractivity contribution in [1.82, 2.24) is 10.2 Å². The summed E-state index contributed by atoms with van der Waals surface area (Å²) in [6.07, 6.45) is 6.17. The molecule has 1 fully saturated rings. The van der Waals surface area contributed by atoms with Gasteiger partial charge in [-0.25, -0.2) is 0 Å². The third-order valence-corrected chi connectivity index (χ3v) is 4.08. The van der Waals surface area contributed by atoms with E-state index in [1.165, 1.54) is 12.8 Å². The van der Waals surface area contributed by atoms with E-state index in [4.69, 9.17) is 4.84 Å². The van der Waals surface area contributed by atoms with Crippen molar-refractivity contribution in [3.8, 4) is 0 Å². The Morgan fingerprint density at radius 1 is 1.45 bits per heavy atom. The summed E-state index contributed by atoms with van der Waals surface area (Å²) < 4.78 is 0. The first-order valence-corrected chi connectivity index (χ1v) is 7.95. The summed E-state index contributed by atoms with van der Waals surface area (Å²) >= 11 is 0. The lowest BCUT2D eigenvalue weighted by atomic mass is 9.88. The van der Waals surface area contributed by atoms with Crippen LogP contribution in [0.15, 0.2) is 5.16 Å². The van der Waals surface area contributed by atoms with E-state index in [9.17, 15) is 4.79 Å². The first kappa shape index (κ1) is 15.3. The molecule has 1 spiro atoms. The number of piperidine rings is 1. The average Bonchev–Trinajstić information content (AvgIpc) is 2.86. The van der Waals surface area contributed by atoms with Gasteiger partial charge in [0.15, 0.2) is 5.60 Å². The molecule has 1 saturated heterocycles. The van der Waals surface area contributed by atoms with Crippen molar-refractivity contribution < 1.29 is 9.63 Å². The molecule has 5 heteroatoms. The van der Waals surface area contributed by atoms with Gasteiger partial charge < -0.3 is 10.2 Å². The largest absolute Gasteiger partial charge is 0.387 e. The molecule has 0 bridgehead atoms. The van der Waals surface area contributed by atoms with Crippen LogP contribution < -0.4 is 5.32 Å². The quantitative estimate of drug-likeness (QED) is 0.809. The van der Waals surface area contributed by atoms with Gasteiger partial charge in [-0.2, -0.15) is 0 Å². The Morgan fingerprint density at radius 3 is 3.05 bits per heavy atom. The van der Waals surface area contributed by atoms with Crippen LogP contribution in [0, 0.1) is 0 Å². The minimum absolute atomic E-state index is 0.0607. The summed E-state index contributed by atoms with van der Waals surface area (Å²) in [5.41, 5.74) is 0.320. The normalized spacial score (nSPS) is 26.4. The summed E-state index contributed by atoms with van der Waals surface area (Å²) in [7, 11) is 0. The molecule has 0 aliphatic carbocycles. The van der Waals surface area contributed by atoms with E-state index in [0.717, 1.165) is 38.9 Å². The second kappa shape index (κ2) is 7.07. The van der Waals surface area contributed by atoms with Crippen molar-refractivity contribution in [3.63, 3.8) is 0 Å². The van der Waals surface area contributed by atoms with Gasteiger partial charge in [-0.3, -0.25) is 9.69 Å². The predicted molar refractivity (Wildman–Crippen MR) is 79.8 cm³/mol.